The molecule has 0 aliphatic heterocycles. The predicted octanol–water partition coefficient (Wildman–Crippen LogP) is 5.31. The molecule has 2 N–H and O–H groups in total. The number of hydrogen-bond acceptors (Lipinski definition) is 4. The summed E-state index contributed by atoms with van der Waals surface area (Å²) in [7, 11) is 0. The Morgan fingerprint density at radius 2 is 1.65 bits per heavy atom. The van der Waals surface area contributed by atoms with Gasteiger partial charge in [0.1, 0.15) is 12.4 Å². The van der Waals surface area contributed by atoms with E-state index in [-0.39, 0.29) is 5.02 Å². The highest BCUT2D eigenvalue weighted by molar-refractivity contribution is 6.43. The van der Waals surface area contributed by atoms with Crippen LogP contribution in [0.5, 0.6) is 5.75 Å². The lowest BCUT2D eigenvalue weighted by Gasteiger charge is -2.09. The molecule has 0 aliphatic rings. The molecular weight excluding hydrogens is 461 g/mol. The molecule has 3 aromatic carbocycles. The van der Waals surface area contributed by atoms with Crippen LogP contribution in [0.15, 0.2) is 71.8 Å². The van der Waals surface area contributed by atoms with Gasteiger partial charge in [0.25, 0.3) is 0 Å². The lowest BCUT2D eigenvalue weighted by molar-refractivity contribution is -0.136. The fourth-order valence-electron chi connectivity index (χ4n) is 2.43. The van der Waals surface area contributed by atoms with Crippen LogP contribution in [0.2, 0.25) is 15.1 Å². The van der Waals surface area contributed by atoms with E-state index in [9.17, 15) is 9.59 Å². The Morgan fingerprint density at radius 1 is 0.903 bits per heavy atom. The molecule has 9 heteroatoms. The van der Waals surface area contributed by atoms with Gasteiger partial charge in [-0.1, -0.05) is 59.1 Å². The molecule has 0 unspecified atom stereocenters. The molecule has 6 nitrogen and oxygen atoms in total. The van der Waals surface area contributed by atoms with Gasteiger partial charge in [-0.3, -0.25) is 9.59 Å². The van der Waals surface area contributed by atoms with Gasteiger partial charge < -0.3 is 10.1 Å². The predicted molar refractivity (Wildman–Crippen MR) is 123 cm³/mol. The summed E-state index contributed by atoms with van der Waals surface area (Å²) in [6, 6.07) is 18.9. The number of carbonyl (C=O) groups is 2. The van der Waals surface area contributed by atoms with Gasteiger partial charge >= 0.3 is 11.8 Å². The molecular formula is C22H16Cl3N3O3. The van der Waals surface area contributed by atoms with Crippen LogP contribution in [0, 0.1) is 0 Å². The van der Waals surface area contributed by atoms with E-state index >= 15 is 0 Å². The van der Waals surface area contributed by atoms with Gasteiger partial charge in [0, 0.05) is 16.3 Å². The minimum atomic E-state index is -0.943. The number of rotatable bonds is 6. The Hall–Kier alpha value is -3.06. The number of nitrogens with zero attached hydrogens (tertiary/aromatic N) is 1. The number of anilines is 1. The smallest absolute Gasteiger partial charge is 0.329 e. The first kappa shape index (κ1) is 22.6. The largest absolute Gasteiger partial charge is 0.488 e. The fourth-order valence-corrected chi connectivity index (χ4v) is 2.86. The molecule has 158 valence electrons. The highest BCUT2D eigenvalue weighted by atomic mass is 35.5. The van der Waals surface area contributed by atoms with Gasteiger partial charge in [0.05, 0.1) is 16.3 Å². The highest BCUT2D eigenvalue weighted by Crippen LogP contribution is 2.25. The molecule has 3 aromatic rings. The van der Waals surface area contributed by atoms with Crippen molar-refractivity contribution in [3.05, 3.63) is 92.9 Å². The first-order chi connectivity index (χ1) is 14.9. The number of carbonyl (C=O) groups excluding carboxylic acids is 2. The van der Waals surface area contributed by atoms with Crippen molar-refractivity contribution >= 4 is 58.5 Å². The van der Waals surface area contributed by atoms with Crippen molar-refractivity contribution < 1.29 is 14.3 Å². The topological polar surface area (TPSA) is 79.8 Å². The third kappa shape index (κ3) is 6.72. The average molecular weight is 477 g/mol. The molecule has 0 fully saturated rings. The first-order valence-corrected chi connectivity index (χ1v) is 10.1. The van der Waals surface area contributed by atoms with Crippen LogP contribution < -0.4 is 15.5 Å². The van der Waals surface area contributed by atoms with E-state index in [1.54, 1.807) is 30.3 Å². The molecule has 0 atom stereocenters. The Kier molecular flexibility index (Phi) is 7.89. The molecule has 2 amide bonds. The van der Waals surface area contributed by atoms with Crippen molar-refractivity contribution in [2.24, 2.45) is 5.10 Å². The average Bonchev–Trinajstić information content (AvgIpc) is 2.76. The molecule has 0 aromatic heterocycles. The molecule has 0 spiro atoms. The first-order valence-electron chi connectivity index (χ1n) is 8.98. The van der Waals surface area contributed by atoms with Gasteiger partial charge in [-0.25, -0.2) is 5.43 Å². The Bertz CT molecular complexity index is 1120. The zero-order chi connectivity index (χ0) is 22.2. The van der Waals surface area contributed by atoms with Crippen molar-refractivity contribution in [1.82, 2.24) is 5.43 Å². The van der Waals surface area contributed by atoms with E-state index in [1.807, 2.05) is 18.2 Å². The Morgan fingerprint density at radius 3 is 2.39 bits per heavy atom. The maximum atomic E-state index is 12.0. The van der Waals surface area contributed by atoms with E-state index in [4.69, 9.17) is 39.5 Å². The van der Waals surface area contributed by atoms with Gasteiger partial charge in [-0.05, 0) is 48.0 Å². The molecule has 0 saturated carbocycles. The summed E-state index contributed by atoms with van der Waals surface area (Å²) in [6.07, 6.45) is 1.39. The maximum Gasteiger partial charge on any atom is 0.329 e. The van der Waals surface area contributed by atoms with Crippen molar-refractivity contribution in [2.45, 2.75) is 6.61 Å². The van der Waals surface area contributed by atoms with Crippen LogP contribution in [0.4, 0.5) is 5.69 Å². The van der Waals surface area contributed by atoms with Gasteiger partial charge in [-0.2, -0.15) is 5.10 Å². The SMILES string of the molecule is O=C(NN=Cc1ccccc1OCc1ccc(Cl)cc1)C(=O)Nc1ccc(Cl)c(Cl)c1. The van der Waals surface area contributed by atoms with Crippen molar-refractivity contribution in [1.29, 1.82) is 0 Å². The molecule has 3 rings (SSSR count). The summed E-state index contributed by atoms with van der Waals surface area (Å²) in [5, 5.41) is 7.49. The lowest BCUT2D eigenvalue weighted by atomic mass is 10.2. The number of benzene rings is 3. The third-order valence-corrected chi connectivity index (χ3v) is 4.97. The number of nitrogens with one attached hydrogen (secondary N) is 2. The summed E-state index contributed by atoms with van der Waals surface area (Å²) < 4.78 is 5.82. The Balaban J connectivity index is 1.57. The number of hydrogen-bond donors (Lipinski definition) is 2. The number of para-hydroxylation sites is 1. The minimum absolute atomic E-state index is 0.258. The molecule has 0 aliphatic carbocycles. The quantitative estimate of drug-likeness (QED) is 0.287. The molecule has 0 bridgehead atoms. The summed E-state index contributed by atoms with van der Waals surface area (Å²) in [5.74, 6) is -1.28. The zero-order valence-corrected chi connectivity index (χ0v) is 18.2. The van der Waals surface area contributed by atoms with E-state index in [0.717, 1.165) is 5.56 Å². The minimum Gasteiger partial charge on any atom is -0.488 e. The second-order valence-corrected chi connectivity index (χ2v) is 7.49. The zero-order valence-electron chi connectivity index (χ0n) is 15.9. The van der Waals surface area contributed by atoms with Crippen molar-refractivity contribution in [3.8, 4) is 5.75 Å². The van der Waals surface area contributed by atoms with E-state index in [2.05, 4.69) is 15.8 Å². The fraction of sp³-hybridized carbons (Fsp3) is 0.0455. The van der Waals surface area contributed by atoms with Crippen LogP contribution >= 0.6 is 34.8 Å². The van der Waals surface area contributed by atoms with Crippen LogP contribution in [-0.4, -0.2) is 18.0 Å². The second-order valence-electron chi connectivity index (χ2n) is 6.24. The molecule has 0 saturated heterocycles. The molecule has 0 radical (unpaired) electrons. The summed E-state index contributed by atoms with van der Waals surface area (Å²) in [5.41, 5.74) is 4.08. The molecule has 31 heavy (non-hydrogen) atoms. The third-order valence-electron chi connectivity index (χ3n) is 3.98. The van der Waals surface area contributed by atoms with Gasteiger partial charge in [-0.15, -0.1) is 0 Å². The highest BCUT2D eigenvalue weighted by Gasteiger charge is 2.13. The number of halogens is 3. The summed E-state index contributed by atoms with van der Waals surface area (Å²) in [6.45, 7) is 0.334. The van der Waals surface area contributed by atoms with E-state index in [1.165, 1.54) is 24.4 Å². The van der Waals surface area contributed by atoms with Crippen molar-refractivity contribution in [2.75, 3.05) is 5.32 Å². The normalized spacial score (nSPS) is 10.7. The standard InChI is InChI=1S/C22H16Cl3N3O3/c23-16-7-5-14(6-8-16)13-31-20-4-2-1-3-15(20)12-26-28-22(30)21(29)27-17-9-10-18(24)19(25)11-17/h1-12H,13H2,(H,27,29)(H,28,30). The van der Waals surface area contributed by atoms with Crippen molar-refractivity contribution in [3.63, 3.8) is 0 Å². The Labute approximate surface area is 193 Å². The monoisotopic (exact) mass is 475 g/mol. The molecule has 0 heterocycles. The summed E-state index contributed by atoms with van der Waals surface area (Å²) >= 11 is 17.6. The van der Waals surface area contributed by atoms with Crippen LogP contribution in [0.3, 0.4) is 0 Å². The van der Waals surface area contributed by atoms with Gasteiger partial charge in [0.2, 0.25) is 0 Å². The number of hydrazone groups is 1. The summed E-state index contributed by atoms with van der Waals surface area (Å²) in [4.78, 5) is 24.0. The number of ether oxygens (including phenoxy) is 1. The lowest BCUT2D eigenvalue weighted by Crippen LogP contribution is -2.32. The van der Waals surface area contributed by atoms with Gasteiger partial charge in [0.15, 0.2) is 0 Å². The van der Waals surface area contributed by atoms with Crippen LogP contribution in [0.25, 0.3) is 0 Å². The maximum absolute atomic E-state index is 12.0. The van der Waals surface area contributed by atoms with E-state index < -0.39 is 11.8 Å². The number of amides is 2. The van der Waals surface area contributed by atoms with E-state index in [0.29, 0.717) is 33.7 Å². The second kappa shape index (κ2) is 10.8. The van der Waals surface area contributed by atoms with Crippen LogP contribution in [0.1, 0.15) is 11.1 Å². The van der Waals surface area contributed by atoms with Crippen LogP contribution in [-0.2, 0) is 16.2 Å².